The molecule has 1 N–H and O–H groups in total. The van der Waals surface area contributed by atoms with Crippen LogP contribution in [-0.4, -0.2) is 34.7 Å². The number of aromatic nitrogens is 7. The number of nitrogens with zero attached hydrogens (tertiary/aromatic N) is 6. The van der Waals surface area contributed by atoms with Gasteiger partial charge in [-0.05, 0) is 47.0 Å². The van der Waals surface area contributed by atoms with Crippen LogP contribution in [0.1, 0.15) is 31.2 Å². The number of pyridine rings is 1. The molecule has 2 aromatic carbocycles. The average molecular weight is 520 g/mol. The van der Waals surface area contributed by atoms with Gasteiger partial charge in [0, 0.05) is 29.2 Å². The number of nitrogens with one attached hydrogen (secondary N) is 1. The molecule has 3 aromatic heterocycles. The lowest BCUT2D eigenvalue weighted by atomic mass is 10.0. The summed E-state index contributed by atoms with van der Waals surface area (Å²) in [5, 5.41) is 15.0. The van der Waals surface area contributed by atoms with Crippen LogP contribution in [-0.2, 0) is 13.0 Å². The third kappa shape index (κ3) is 4.69. The summed E-state index contributed by atoms with van der Waals surface area (Å²) in [6, 6.07) is 17.0. The minimum Gasteiger partial charge on any atom is -0.290 e. The van der Waals surface area contributed by atoms with Crippen molar-refractivity contribution in [3.63, 3.8) is 0 Å². The molecule has 5 aromatic rings. The predicted molar refractivity (Wildman–Crippen MR) is 141 cm³/mol. The van der Waals surface area contributed by atoms with Crippen LogP contribution in [0.5, 0.6) is 0 Å². The Bertz CT molecular complexity index is 1520. The summed E-state index contributed by atoms with van der Waals surface area (Å²) in [5.74, 6) is 0.585. The zero-order chi connectivity index (χ0) is 25.1. The first-order valence-electron chi connectivity index (χ1n) is 11.6. The lowest BCUT2D eigenvalue weighted by molar-refractivity contribution is 0.664. The molecular formula is C26H23Cl2N7O. The van der Waals surface area contributed by atoms with Gasteiger partial charge in [0.2, 0.25) is 0 Å². The molecule has 3 heterocycles. The molecule has 8 nitrogen and oxygen atoms in total. The second kappa shape index (κ2) is 10.5. The van der Waals surface area contributed by atoms with Gasteiger partial charge < -0.3 is 0 Å². The monoisotopic (exact) mass is 519 g/mol. The molecule has 0 saturated carbocycles. The number of halogens is 2. The van der Waals surface area contributed by atoms with E-state index in [0.717, 1.165) is 47.3 Å². The summed E-state index contributed by atoms with van der Waals surface area (Å²) in [5.41, 5.74) is 4.71. The number of aryl methyl sites for hydroxylation is 1. The highest BCUT2D eigenvalue weighted by atomic mass is 35.5. The SMILES string of the molecule is CCCCc1cn(-c2c(Cl)cccc2Cl)c(=O)n1Cc1ccc(-c2ccccc2-c2nnn[nH]2)cn1. The molecule has 10 heteroatoms. The van der Waals surface area contributed by atoms with E-state index < -0.39 is 0 Å². The Labute approximate surface area is 217 Å². The maximum Gasteiger partial charge on any atom is 0.333 e. The minimum absolute atomic E-state index is 0.204. The molecule has 0 aliphatic rings. The Morgan fingerprint density at radius 2 is 1.75 bits per heavy atom. The van der Waals surface area contributed by atoms with Gasteiger partial charge in [-0.3, -0.25) is 14.1 Å². The molecule has 0 unspecified atom stereocenters. The number of benzene rings is 2. The van der Waals surface area contributed by atoms with E-state index in [0.29, 0.717) is 28.1 Å². The van der Waals surface area contributed by atoms with Gasteiger partial charge in [-0.1, -0.05) is 72.9 Å². The van der Waals surface area contributed by atoms with Gasteiger partial charge in [-0.25, -0.2) is 9.89 Å². The van der Waals surface area contributed by atoms with E-state index in [1.807, 2.05) is 42.6 Å². The number of rotatable bonds is 8. The average Bonchev–Trinajstić information content (AvgIpc) is 3.53. The van der Waals surface area contributed by atoms with Crippen LogP contribution >= 0.6 is 23.2 Å². The van der Waals surface area contributed by atoms with E-state index in [2.05, 4.69) is 32.5 Å². The Hall–Kier alpha value is -3.75. The van der Waals surface area contributed by atoms with E-state index in [9.17, 15) is 4.79 Å². The van der Waals surface area contributed by atoms with E-state index in [1.165, 1.54) is 4.57 Å². The molecule has 0 amide bonds. The maximum absolute atomic E-state index is 13.5. The number of imidazole rings is 1. The van der Waals surface area contributed by atoms with Crippen molar-refractivity contribution in [2.75, 3.05) is 0 Å². The first kappa shape index (κ1) is 24.0. The van der Waals surface area contributed by atoms with Crippen molar-refractivity contribution >= 4 is 23.2 Å². The van der Waals surface area contributed by atoms with E-state index in [4.69, 9.17) is 23.2 Å². The molecule has 0 radical (unpaired) electrons. The van der Waals surface area contributed by atoms with Crippen molar-refractivity contribution in [2.24, 2.45) is 0 Å². The fourth-order valence-corrected chi connectivity index (χ4v) is 4.77. The van der Waals surface area contributed by atoms with Crippen LogP contribution in [0.2, 0.25) is 10.0 Å². The van der Waals surface area contributed by atoms with Crippen molar-refractivity contribution in [3.05, 3.63) is 98.9 Å². The Kier molecular flexibility index (Phi) is 6.97. The maximum atomic E-state index is 13.5. The zero-order valence-electron chi connectivity index (χ0n) is 19.5. The van der Waals surface area contributed by atoms with Crippen molar-refractivity contribution in [1.29, 1.82) is 0 Å². The fraction of sp³-hybridized carbons (Fsp3) is 0.192. The van der Waals surface area contributed by atoms with Crippen molar-refractivity contribution in [1.82, 2.24) is 34.7 Å². The zero-order valence-corrected chi connectivity index (χ0v) is 21.0. The normalized spacial score (nSPS) is 11.2. The largest absolute Gasteiger partial charge is 0.333 e. The predicted octanol–water partition coefficient (Wildman–Crippen LogP) is 5.58. The molecule has 0 saturated heterocycles. The molecule has 0 spiro atoms. The quantitative estimate of drug-likeness (QED) is 0.288. The Balaban J connectivity index is 1.49. The van der Waals surface area contributed by atoms with E-state index in [1.54, 1.807) is 29.0 Å². The number of hydrogen-bond donors (Lipinski definition) is 1. The number of para-hydroxylation sites is 1. The summed E-state index contributed by atoms with van der Waals surface area (Å²) < 4.78 is 3.27. The van der Waals surface area contributed by atoms with Gasteiger partial charge in [-0.15, -0.1) is 5.10 Å². The third-order valence-corrected chi connectivity index (χ3v) is 6.62. The number of H-pyrrole nitrogens is 1. The molecular weight excluding hydrogens is 497 g/mol. The molecule has 0 aliphatic heterocycles. The van der Waals surface area contributed by atoms with Crippen molar-refractivity contribution in [3.8, 4) is 28.2 Å². The van der Waals surface area contributed by atoms with Gasteiger partial charge in [0.1, 0.15) is 0 Å². The molecule has 182 valence electrons. The van der Waals surface area contributed by atoms with E-state index in [-0.39, 0.29) is 5.69 Å². The van der Waals surface area contributed by atoms with Crippen molar-refractivity contribution in [2.45, 2.75) is 32.7 Å². The van der Waals surface area contributed by atoms with Gasteiger partial charge in [-0.2, -0.15) is 0 Å². The number of hydrogen-bond acceptors (Lipinski definition) is 5. The first-order chi connectivity index (χ1) is 17.6. The van der Waals surface area contributed by atoms with Gasteiger partial charge in [0.25, 0.3) is 0 Å². The molecule has 5 rings (SSSR count). The third-order valence-electron chi connectivity index (χ3n) is 6.01. The highest BCUT2D eigenvalue weighted by Crippen LogP contribution is 2.30. The van der Waals surface area contributed by atoms with Crippen LogP contribution in [0, 0.1) is 0 Å². The van der Waals surface area contributed by atoms with Gasteiger partial charge >= 0.3 is 5.69 Å². The topological polar surface area (TPSA) is 94.3 Å². The van der Waals surface area contributed by atoms with Crippen LogP contribution in [0.25, 0.3) is 28.2 Å². The molecule has 0 fully saturated rings. The summed E-state index contributed by atoms with van der Waals surface area (Å²) in [4.78, 5) is 18.2. The van der Waals surface area contributed by atoms with Gasteiger partial charge in [0.05, 0.1) is 28.0 Å². The summed E-state index contributed by atoms with van der Waals surface area (Å²) >= 11 is 12.8. The van der Waals surface area contributed by atoms with Gasteiger partial charge in [0.15, 0.2) is 5.82 Å². The lowest BCUT2D eigenvalue weighted by Crippen LogP contribution is -2.25. The summed E-state index contributed by atoms with van der Waals surface area (Å²) in [6.45, 7) is 2.46. The van der Waals surface area contributed by atoms with Crippen LogP contribution < -0.4 is 5.69 Å². The lowest BCUT2D eigenvalue weighted by Gasteiger charge is -2.09. The Morgan fingerprint density at radius 1 is 0.972 bits per heavy atom. The second-order valence-electron chi connectivity index (χ2n) is 8.37. The second-order valence-corrected chi connectivity index (χ2v) is 9.18. The first-order valence-corrected chi connectivity index (χ1v) is 12.4. The fourth-order valence-electron chi connectivity index (χ4n) is 4.19. The molecule has 0 atom stereocenters. The van der Waals surface area contributed by atoms with Crippen LogP contribution in [0.3, 0.4) is 0 Å². The smallest absolute Gasteiger partial charge is 0.290 e. The Morgan fingerprint density at radius 3 is 2.42 bits per heavy atom. The molecule has 0 aliphatic carbocycles. The molecule has 0 bridgehead atoms. The summed E-state index contributed by atoms with van der Waals surface area (Å²) in [7, 11) is 0. The van der Waals surface area contributed by atoms with E-state index >= 15 is 0 Å². The molecule has 36 heavy (non-hydrogen) atoms. The van der Waals surface area contributed by atoms with Crippen molar-refractivity contribution < 1.29 is 0 Å². The highest BCUT2D eigenvalue weighted by molar-refractivity contribution is 6.37. The summed E-state index contributed by atoms with van der Waals surface area (Å²) in [6.07, 6.45) is 6.37. The standard InChI is InChI=1S/C26H23Cl2N7O/c1-2-3-7-19-16-35(24-22(27)10-6-11-23(24)28)26(36)34(19)15-18-13-12-17(14-29-18)20-8-4-5-9-21(20)25-30-32-33-31-25/h4-6,8-14,16H,2-3,7,15H2,1H3,(H,30,31,32,33). The van der Waals surface area contributed by atoms with Crippen LogP contribution in [0.4, 0.5) is 0 Å². The highest BCUT2D eigenvalue weighted by Gasteiger charge is 2.17. The van der Waals surface area contributed by atoms with Crippen LogP contribution in [0.15, 0.2) is 71.8 Å². The minimum atomic E-state index is -0.204. The number of tetrazole rings is 1. The number of aromatic amines is 1. The number of unbranched alkanes of at least 4 members (excludes halogenated alkanes) is 1.